The summed E-state index contributed by atoms with van der Waals surface area (Å²) in [7, 11) is 0. The number of aliphatic hydroxyl groups excluding tert-OH is 1. The summed E-state index contributed by atoms with van der Waals surface area (Å²) in [6, 6.07) is 19.3. The van der Waals surface area contributed by atoms with Crippen LogP contribution in [0.4, 0.5) is 0 Å². The number of rotatable bonds is 9. The number of ether oxygens (including phenoxy) is 1. The minimum absolute atomic E-state index is 0.212. The van der Waals surface area contributed by atoms with E-state index in [0.29, 0.717) is 23.9 Å². The molecule has 0 aliphatic carbocycles. The highest BCUT2D eigenvalue weighted by Gasteiger charge is 2.15. The number of benzene rings is 2. The number of aliphatic hydroxyl groups is 1. The van der Waals surface area contributed by atoms with Crippen LogP contribution in [0.25, 0.3) is 0 Å². The number of hydrogen-bond acceptors (Lipinski definition) is 4. The van der Waals surface area contributed by atoms with E-state index in [0.717, 1.165) is 12.3 Å². The quantitative estimate of drug-likeness (QED) is 0.580. The van der Waals surface area contributed by atoms with E-state index in [4.69, 9.17) is 20.8 Å². The lowest BCUT2D eigenvalue weighted by Crippen LogP contribution is -2.35. The van der Waals surface area contributed by atoms with Gasteiger partial charge in [0.05, 0.1) is 12.8 Å². The molecule has 2 aromatic carbocycles. The molecule has 0 aliphatic rings. The van der Waals surface area contributed by atoms with Gasteiger partial charge in [-0.05, 0) is 48.9 Å². The molecule has 1 unspecified atom stereocenters. The van der Waals surface area contributed by atoms with Crippen LogP contribution in [0, 0.1) is 6.92 Å². The van der Waals surface area contributed by atoms with E-state index in [1.165, 1.54) is 11.1 Å². The second-order valence-corrected chi connectivity index (χ2v) is 7.09. The Morgan fingerprint density at radius 1 is 1.07 bits per heavy atom. The van der Waals surface area contributed by atoms with Crippen LogP contribution < -0.4 is 4.74 Å². The smallest absolute Gasteiger partial charge is 0.119 e. The second kappa shape index (κ2) is 9.60. The minimum Gasteiger partial charge on any atom is -0.491 e. The first kappa shape index (κ1) is 19.5. The zero-order valence-electron chi connectivity index (χ0n) is 15.3. The molecule has 1 N–H and O–H groups in total. The molecule has 0 fully saturated rings. The van der Waals surface area contributed by atoms with Gasteiger partial charge in [-0.3, -0.25) is 4.90 Å². The van der Waals surface area contributed by atoms with Gasteiger partial charge in [-0.25, -0.2) is 0 Å². The van der Waals surface area contributed by atoms with Gasteiger partial charge in [-0.15, -0.1) is 0 Å². The summed E-state index contributed by atoms with van der Waals surface area (Å²) in [5.74, 6) is 1.56. The Balaban J connectivity index is 1.60. The lowest BCUT2D eigenvalue weighted by molar-refractivity contribution is 0.0604. The van der Waals surface area contributed by atoms with Gasteiger partial charge in [0.25, 0.3) is 0 Å². The molecule has 0 amide bonds. The van der Waals surface area contributed by atoms with Crippen molar-refractivity contribution in [3.8, 4) is 5.75 Å². The summed E-state index contributed by atoms with van der Waals surface area (Å²) in [6.07, 6.45) is 1.04. The molecule has 142 valence electrons. The van der Waals surface area contributed by atoms with Crippen LogP contribution in [0.15, 0.2) is 71.3 Å². The van der Waals surface area contributed by atoms with E-state index in [2.05, 4.69) is 36.1 Å². The maximum absolute atomic E-state index is 10.5. The summed E-state index contributed by atoms with van der Waals surface area (Å²) in [5, 5.41) is 11.1. The summed E-state index contributed by atoms with van der Waals surface area (Å²) in [6.45, 7) is 4.11. The Morgan fingerprint density at radius 2 is 1.89 bits per heavy atom. The molecule has 0 bridgehead atoms. The van der Waals surface area contributed by atoms with E-state index in [1.54, 1.807) is 30.5 Å². The van der Waals surface area contributed by atoms with Crippen LogP contribution in [0.2, 0.25) is 5.02 Å². The van der Waals surface area contributed by atoms with Gasteiger partial charge in [0.1, 0.15) is 24.2 Å². The molecular weight excluding hydrogens is 362 g/mol. The molecule has 0 spiro atoms. The largest absolute Gasteiger partial charge is 0.491 e. The molecule has 27 heavy (non-hydrogen) atoms. The molecular formula is C22H24ClNO3. The highest BCUT2D eigenvalue weighted by Crippen LogP contribution is 2.16. The highest BCUT2D eigenvalue weighted by atomic mass is 35.5. The van der Waals surface area contributed by atoms with Gasteiger partial charge in [0, 0.05) is 18.1 Å². The SMILES string of the molecule is Cc1cccc(CN(Cc2ccco2)CC(O)COc2ccc(Cl)cc2)c1. The fourth-order valence-electron chi connectivity index (χ4n) is 2.95. The van der Waals surface area contributed by atoms with Gasteiger partial charge in [-0.2, -0.15) is 0 Å². The average Bonchev–Trinajstić information content (AvgIpc) is 3.14. The van der Waals surface area contributed by atoms with Crippen LogP contribution in [-0.2, 0) is 13.1 Å². The molecule has 0 saturated heterocycles. The number of nitrogens with zero attached hydrogens (tertiary/aromatic N) is 1. The summed E-state index contributed by atoms with van der Waals surface area (Å²) in [4.78, 5) is 2.16. The van der Waals surface area contributed by atoms with E-state index in [-0.39, 0.29) is 6.61 Å². The Morgan fingerprint density at radius 3 is 2.59 bits per heavy atom. The fraction of sp³-hybridized carbons (Fsp3) is 0.273. The zero-order valence-corrected chi connectivity index (χ0v) is 16.1. The fourth-order valence-corrected chi connectivity index (χ4v) is 3.08. The number of aryl methyl sites for hydroxylation is 1. The van der Waals surface area contributed by atoms with Crippen LogP contribution in [0.3, 0.4) is 0 Å². The Labute approximate surface area is 165 Å². The van der Waals surface area contributed by atoms with Gasteiger partial charge in [-0.1, -0.05) is 41.4 Å². The van der Waals surface area contributed by atoms with Crippen molar-refractivity contribution in [3.63, 3.8) is 0 Å². The van der Waals surface area contributed by atoms with Crippen molar-refractivity contribution < 1.29 is 14.3 Å². The van der Waals surface area contributed by atoms with Gasteiger partial charge in [0.2, 0.25) is 0 Å². The maximum atomic E-state index is 10.5. The third-order valence-electron chi connectivity index (χ3n) is 4.17. The van der Waals surface area contributed by atoms with Crippen LogP contribution in [0.1, 0.15) is 16.9 Å². The van der Waals surface area contributed by atoms with Crippen molar-refractivity contribution >= 4 is 11.6 Å². The van der Waals surface area contributed by atoms with E-state index in [1.807, 2.05) is 12.1 Å². The predicted molar refractivity (Wildman–Crippen MR) is 107 cm³/mol. The number of furan rings is 1. The summed E-state index contributed by atoms with van der Waals surface area (Å²) in [5.41, 5.74) is 2.42. The summed E-state index contributed by atoms with van der Waals surface area (Å²) >= 11 is 5.88. The molecule has 3 rings (SSSR count). The zero-order chi connectivity index (χ0) is 19.1. The van der Waals surface area contributed by atoms with E-state index < -0.39 is 6.10 Å². The maximum Gasteiger partial charge on any atom is 0.119 e. The second-order valence-electron chi connectivity index (χ2n) is 6.66. The third-order valence-corrected chi connectivity index (χ3v) is 4.43. The standard InChI is InChI=1S/C22H24ClNO3/c1-17-4-2-5-18(12-17)13-24(15-22-6-3-11-26-22)14-20(25)16-27-21-9-7-19(23)8-10-21/h2-12,20,25H,13-16H2,1H3. The molecule has 0 radical (unpaired) electrons. The van der Waals surface area contributed by atoms with Crippen molar-refractivity contribution in [2.45, 2.75) is 26.1 Å². The predicted octanol–water partition coefficient (Wildman–Crippen LogP) is 4.68. The molecule has 1 atom stereocenters. The monoisotopic (exact) mass is 385 g/mol. The first-order valence-corrected chi connectivity index (χ1v) is 9.33. The average molecular weight is 386 g/mol. The lowest BCUT2D eigenvalue weighted by atomic mass is 10.1. The van der Waals surface area contributed by atoms with Crippen molar-refractivity contribution in [2.24, 2.45) is 0 Å². The minimum atomic E-state index is -0.625. The normalized spacial score (nSPS) is 12.3. The molecule has 0 aliphatic heterocycles. The topological polar surface area (TPSA) is 45.8 Å². The van der Waals surface area contributed by atoms with Crippen LogP contribution in [0.5, 0.6) is 5.75 Å². The number of halogens is 1. The Bertz CT molecular complexity index is 818. The van der Waals surface area contributed by atoms with Crippen molar-refractivity contribution in [2.75, 3.05) is 13.2 Å². The van der Waals surface area contributed by atoms with Gasteiger partial charge >= 0.3 is 0 Å². The van der Waals surface area contributed by atoms with Crippen LogP contribution >= 0.6 is 11.6 Å². The first-order chi connectivity index (χ1) is 13.1. The van der Waals surface area contributed by atoms with Crippen molar-refractivity contribution in [3.05, 3.63) is 88.8 Å². The summed E-state index contributed by atoms with van der Waals surface area (Å²) < 4.78 is 11.1. The van der Waals surface area contributed by atoms with Crippen LogP contribution in [-0.4, -0.2) is 29.3 Å². The van der Waals surface area contributed by atoms with Gasteiger partial charge < -0.3 is 14.3 Å². The Hall–Kier alpha value is -2.27. The molecule has 0 saturated carbocycles. The first-order valence-electron chi connectivity index (χ1n) is 8.95. The number of hydrogen-bond donors (Lipinski definition) is 1. The molecule has 3 aromatic rings. The highest BCUT2D eigenvalue weighted by molar-refractivity contribution is 6.30. The molecule has 1 heterocycles. The molecule has 5 heteroatoms. The molecule has 1 aromatic heterocycles. The van der Waals surface area contributed by atoms with E-state index in [9.17, 15) is 5.11 Å². The van der Waals surface area contributed by atoms with Gasteiger partial charge in [0.15, 0.2) is 0 Å². The third kappa shape index (κ3) is 6.43. The lowest BCUT2D eigenvalue weighted by Gasteiger charge is -2.24. The molecule has 4 nitrogen and oxygen atoms in total. The van der Waals surface area contributed by atoms with Crippen molar-refractivity contribution in [1.29, 1.82) is 0 Å². The van der Waals surface area contributed by atoms with Crippen molar-refractivity contribution in [1.82, 2.24) is 4.90 Å². The van der Waals surface area contributed by atoms with E-state index >= 15 is 0 Å². The Kier molecular flexibility index (Phi) is 6.93.